The molecule has 6 N–H and O–H groups in total. The Bertz CT molecular complexity index is 1400. The molecule has 0 bridgehead atoms. The van der Waals surface area contributed by atoms with Gasteiger partial charge in [-0.15, -0.1) is 0 Å². The number of ether oxygens (including phenoxy) is 2. The van der Waals surface area contributed by atoms with Crippen molar-refractivity contribution in [1.29, 1.82) is 0 Å². The van der Waals surface area contributed by atoms with Crippen LogP contribution in [0.4, 0.5) is 0 Å². The topological polar surface area (TPSA) is 192 Å². The quantitative estimate of drug-likeness (QED) is 0.0193. The van der Waals surface area contributed by atoms with Crippen LogP contribution < -0.4 is 5.32 Å². The van der Waals surface area contributed by atoms with Gasteiger partial charge < -0.3 is 35.2 Å². The van der Waals surface area contributed by atoms with Crippen molar-refractivity contribution >= 4 is 16.3 Å². The second-order valence-corrected chi connectivity index (χ2v) is 23.0. The van der Waals surface area contributed by atoms with E-state index < -0.39 is 59.9 Å². The van der Waals surface area contributed by atoms with Crippen molar-refractivity contribution in [3.8, 4) is 0 Å². The molecule has 13 heteroatoms. The molecule has 7 unspecified atom stereocenters. The van der Waals surface area contributed by atoms with Crippen LogP contribution in [0.5, 0.6) is 0 Å². The Hall–Kier alpha value is -1.42. The highest BCUT2D eigenvalue weighted by atomic mass is 32.3. The van der Waals surface area contributed by atoms with Gasteiger partial charge in [0, 0.05) is 6.42 Å². The predicted molar refractivity (Wildman–Crippen MR) is 305 cm³/mol. The number of aliphatic hydroxyl groups excluding tert-OH is 4. The van der Waals surface area contributed by atoms with Gasteiger partial charge in [-0.05, 0) is 44.9 Å². The minimum atomic E-state index is -5.09. The largest absolute Gasteiger partial charge is 0.397 e. The van der Waals surface area contributed by atoms with Crippen molar-refractivity contribution in [3.05, 3.63) is 24.3 Å². The highest BCUT2D eigenvalue weighted by Gasteiger charge is 2.48. The third kappa shape index (κ3) is 42.6. The molecule has 0 radical (unpaired) electrons. The van der Waals surface area contributed by atoms with Crippen molar-refractivity contribution in [3.63, 3.8) is 0 Å². The van der Waals surface area contributed by atoms with Gasteiger partial charge in [0.2, 0.25) is 5.91 Å². The molecule has 1 amide bonds. The van der Waals surface area contributed by atoms with Crippen LogP contribution in [-0.4, -0.2) is 95.4 Å². The maximum Gasteiger partial charge on any atom is 0.397 e. The molecule has 1 aliphatic heterocycles. The normalized spacial score (nSPS) is 19.3. The summed E-state index contributed by atoms with van der Waals surface area (Å²) >= 11 is 0. The third-order valence-electron chi connectivity index (χ3n) is 15.0. The molecular formula is C61H117NO11S. The maximum absolute atomic E-state index is 13.2. The monoisotopic (exact) mass is 1070 g/mol. The number of aliphatic hydroxyl groups is 4. The van der Waals surface area contributed by atoms with Gasteiger partial charge in [0.15, 0.2) is 6.29 Å². The minimum Gasteiger partial charge on any atom is -0.394 e. The summed E-state index contributed by atoms with van der Waals surface area (Å²) in [7, 11) is -5.09. The molecule has 1 saturated heterocycles. The molecule has 1 heterocycles. The van der Waals surface area contributed by atoms with Crippen molar-refractivity contribution < 1.29 is 51.8 Å². The van der Waals surface area contributed by atoms with Gasteiger partial charge in [-0.2, -0.15) is 8.42 Å². The Morgan fingerprint density at radius 3 is 1.22 bits per heavy atom. The summed E-state index contributed by atoms with van der Waals surface area (Å²) in [5, 5.41) is 45.1. The standard InChI is InChI=1S/C61H117NO11S/c1-3-5-7-9-11-13-15-17-19-21-23-25-27-29-30-32-34-36-38-40-42-44-46-48-50-55(64)54(53-71-61-59(67)60(73-74(68,69)70)58(66)56(52-63)72-61)62-57(65)51-49-47-45-43-41-39-37-35-33-31-28-26-24-22-20-18-16-14-12-10-8-6-4-2/h31,33,48,50,54-56,58-61,63-64,66-67H,3-30,32,34-47,49,51-53H2,1-2H3,(H,62,65)(H,68,69,70)/b33-31-,50-48+. The van der Waals surface area contributed by atoms with Gasteiger partial charge in [0.25, 0.3) is 0 Å². The summed E-state index contributed by atoms with van der Waals surface area (Å²) in [6.45, 7) is 3.44. The molecule has 0 aromatic heterocycles. The lowest BCUT2D eigenvalue weighted by Crippen LogP contribution is -2.61. The van der Waals surface area contributed by atoms with Gasteiger partial charge >= 0.3 is 10.4 Å². The summed E-state index contributed by atoms with van der Waals surface area (Å²) in [5.74, 6) is -0.262. The SMILES string of the molecule is CCCCCCCCCCCCCC/C=C\CCCCCCCCCC(=O)NC(COC1OC(CO)C(O)C(OS(=O)(=O)O)C1O)C(O)/C=C/CCCCCCCCCCCCCCCCCCCCCCCC. The van der Waals surface area contributed by atoms with E-state index in [1.807, 2.05) is 6.08 Å². The van der Waals surface area contributed by atoms with Crippen molar-refractivity contribution in [2.75, 3.05) is 13.2 Å². The van der Waals surface area contributed by atoms with E-state index in [1.54, 1.807) is 6.08 Å². The molecule has 0 saturated carbocycles. The van der Waals surface area contributed by atoms with Gasteiger partial charge in [-0.1, -0.05) is 276 Å². The first-order valence-electron chi connectivity index (χ1n) is 31.2. The zero-order valence-electron chi connectivity index (χ0n) is 47.7. The Kier molecular flexibility index (Phi) is 48.7. The van der Waals surface area contributed by atoms with Crippen LogP contribution in [0, 0.1) is 0 Å². The van der Waals surface area contributed by atoms with E-state index in [-0.39, 0.29) is 18.9 Å². The molecule has 1 rings (SSSR count). The Morgan fingerprint density at radius 2 is 0.865 bits per heavy atom. The number of nitrogens with one attached hydrogen (secondary N) is 1. The molecule has 0 aromatic rings. The minimum absolute atomic E-state index is 0.262. The smallest absolute Gasteiger partial charge is 0.394 e. The molecule has 0 aliphatic carbocycles. The first-order chi connectivity index (χ1) is 36.0. The van der Waals surface area contributed by atoms with Crippen LogP contribution in [0.15, 0.2) is 24.3 Å². The van der Waals surface area contributed by atoms with Crippen LogP contribution in [0.2, 0.25) is 0 Å². The van der Waals surface area contributed by atoms with Crippen LogP contribution in [0.1, 0.15) is 303 Å². The van der Waals surface area contributed by atoms with E-state index in [0.29, 0.717) is 6.42 Å². The number of amides is 1. The number of hydrogen-bond acceptors (Lipinski definition) is 10. The van der Waals surface area contributed by atoms with Crippen LogP contribution >= 0.6 is 0 Å². The maximum atomic E-state index is 13.2. The molecule has 7 atom stereocenters. The molecule has 1 aliphatic rings. The summed E-state index contributed by atoms with van der Waals surface area (Å²) in [6.07, 6.45) is 55.1. The average Bonchev–Trinajstić information content (AvgIpc) is 3.38. The molecular weight excluding hydrogens is 955 g/mol. The van der Waals surface area contributed by atoms with E-state index in [1.165, 1.54) is 231 Å². The van der Waals surface area contributed by atoms with Gasteiger partial charge in [-0.25, -0.2) is 4.18 Å². The highest BCUT2D eigenvalue weighted by molar-refractivity contribution is 7.80. The lowest BCUT2D eigenvalue weighted by molar-refractivity contribution is -0.298. The number of allylic oxidation sites excluding steroid dienone is 3. The zero-order valence-corrected chi connectivity index (χ0v) is 48.5. The molecule has 0 spiro atoms. The fraction of sp³-hybridized carbons (Fsp3) is 0.918. The fourth-order valence-corrected chi connectivity index (χ4v) is 10.7. The van der Waals surface area contributed by atoms with Gasteiger partial charge in [0.1, 0.15) is 24.4 Å². The molecule has 12 nitrogen and oxygen atoms in total. The highest BCUT2D eigenvalue weighted by Crippen LogP contribution is 2.26. The van der Waals surface area contributed by atoms with E-state index in [4.69, 9.17) is 9.47 Å². The van der Waals surface area contributed by atoms with E-state index in [9.17, 15) is 38.2 Å². The van der Waals surface area contributed by atoms with E-state index in [0.717, 1.165) is 44.9 Å². The lowest BCUT2D eigenvalue weighted by Gasteiger charge is -2.41. The lowest BCUT2D eigenvalue weighted by atomic mass is 9.99. The second-order valence-electron chi connectivity index (χ2n) is 22.0. The Balaban J connectivity index is 2.34. The van der Waals surface area contributed by atoms with Crippen molar-refractivity contribution in [2.45, 2.75) is 346 Å². The predicted octanol–water partition coefficient (Wildman–Crippen LogP) is 15.2. The molecule has 1 fully saturated rings. The summed E-state index contributed by atoms with van der Waals surface area (Å²) in [5.41, 5.74) is 0. The molecule has 438 valence electrons. The molecule has 74 heavy (non-hydrogen) atoms. The van der Waals surface area contributed by atoms with Gasteiger partial charge in [0.05, 0.1) is 25.4 Å². The first kappa shape index (κ1) is 70.6. The summed E-state index contributed by atoms with van der Waals surface area (Å²) in [6, 6.07) is -0.946. The number of hydrogen-bond donors (Lipinski definition) is 6. The van der Waals surface area contributed by atoms with Crippen LogP contribution in [0.25, 0.3) is 0 Å². The average molecular weight is 1070 g/mol. The van der Waals surface area contributed by atoms with E-state index in [2.05, 4.69) is 35.5 Å². The molecule has 0 aromatic carbocycles. The number of carbonyl (C=O) groups is 1. The van der Waals surface area contributed by atoms with Gasteiger partial charge in [-0.3, -0.25) is 9.35 Å². The Labute approximate surface area is 454 Å². The number of rotatable bonds is 55. The van der Waals surface area contributed by atoms with E-state index >= 15 is 0 Å². The third-order valence-corrected chi connectivity index (χ3v) is 15.4. The number of unbranched alkanes of at least 4 members (excludes halogenated alkanes) is 41. The fourth-order valence-electron chi connectivity index (χ4n) is 10.2. The van der Waals surface area contributed by atoms with Crippen molar-refractivity contribution in [2.24, 2.45) is 0 Å². The zero-order chi connectivity index (χ0) is 54.0. The first-order valence-corrected chi connectivity index (χ1v) is 32.6. The van der Waals surface area contributed by atoms with Crippen LogP contribution in [0.3, 0.4) is 0 Å². The van der Waals surface area contributed by atoms with Crippen molar-refractivity contribution in [1.82, 2.24) is 5.32 Å². The summed E-state index contributed by atoms with van der Waals surface area (Å²) < 4.78 is 47.9. The second kappa shape index (κ2) is 51.0. The number of carbonyl (C=O) groups excluding carboxylic acids is 1. The Morgan fingerprint density at radius 1 is 0.527 bits per heavy atom. The van der Waals surface area contributed by atoms with Crippen LogP contribution in [-0.2, 0) is 28.9 Å². The summed E-state index contributed by atoms with van der Waals surface area (Å²) in [4.78, 5) is 13.2.